The summed E-state index contributed by atoms with van der Waals surface area (Å²) in [6, 6.07) is 13.3. The predicted molar refractivity (Wildman–Crippen MR) is 82.6 cm³/mol. The highest BCUT2D eigenvalue weighted by Gasteiger charge is 2.31. The highest BCUT2D eigenvalue weighted by Crippen LogP contribution is 2.36. The molecule has 1 aliphatic rings. The SMILES string of the molecule is CNC(Cc1cccc(Cl)c1F)C1COc2ccccc21. The second-order valence-electron chi connectivity index (χ2n) is 5.27. The van der Waals surface area contributed by atoms with Crippen LogP contribution in [0.15, 0.2) is 42.5 Å². The number of rotatable bonds is 4. The van der Waals surface area contributed by atoms with Gasteiger partial charge in [-0.3, -0.25) is 0 Å². The fraction of sp³-hybridized carbons (Fsp3) is 0.294. The molecule has 0 saturated carbocycles. The van der Waals surface area contributed by atoms with Crippen LogP contribution >= 0.6 is 11.6 Å². The summed E-state index contributed by atoms with van der Waals surface area (Å²) in [6.45, 7) is 0.618. The number of hydrogen-bond donors (Lipinski definition) is 1. The minimum absolute atomic E-state index is 0.0987. The lowest BCUT2D eigenvalue weighted by Crippen LogP contribution is -2.35. The van der Waals surface area contributed by atoms with Gasteiger partial charge in [-0.1, -0.05) is 41.9 Å². The highest BCUT2D eigenvalue weighted by atomic mass is 35.5. The van der Waals surface area contributed by atoms with E-state index in [1.165, 1.54) is 5.56 Å². The molecule has 0 saturated heterocycles. The highest BCUT2D eigenvalue weighted by molar-refractivity contribution is 6.30. The Hall–Kier alpha value is -1.58. The molecule has 2 aromatic carbocycles. The first-order valence-corrected chi connectivity index (χ1v) is 7.40. The molecule has 2 aromatic rings. The Morgan fingerprint density at radius 3 is 2.90 bits per heavy atom. The van der Waals surface area contributed by atoms with E-state index in [0.29, 0.717) is 18.6 Å². The normalized spacial score (nSPS) is 18.1. The zero-order valence-electron chi connectivity index (χ0n) is 11.8. The smallest absolute Gasteiger partial charge is 0.145 e. The molecule has 1 heterocycles. The molecule has 0 aromatic heterocycles. The maximum atomic E-state index is 14.1. The summed E-state index contributed by atoms with van der Waals surface area (Å²) in [5.74, 6) is 0.811. The standard InChI is InChI=1S/C17H17ClFNO/c1-20-15(9-11-5-4-7-14(18)17(11)19)13-10-21-16-8-3-2-6-12(13)16/h2-8,13,15,20H,9-10H2,1H3. The summed E-state index contributed by atoms with van der Waals surface area (Å²) in [5, 5.41) is 3.46. The van der Waals surface area contributed by atoms with Gasteiger partial charge in [0.05, 0.1) is 11.6 Å². The Bertz CT molecular complexity index is 646. The second kappa shape index (κ2) is 6.04. The maximum Gasteiger partial charge on any atom is 0.145 e. The van der Waals surface area contributed by atoms with Crippen molar-refractivity contribution in [1.29, 1.82) is 0 Å². The fourth-order valence-electron chi connectivity index (χ4n) is 2.91. The van der Waals surface area contributed by atoms with E-state index in [4.69, 9.17) is 16.3 Å². The van der Waals surface area contributed by atoms with E-state index in [1.54, 1.807) is 18.2 Å². The van der Waals surface area contributed by atoms with Gasteiger partial charge in [-0.2, -0.15) is 0 Å². The summed E-state index contributed by atoms with van der Waals surface area (Å²) in [7, 11) is 1.90. The van der Waals surface area contributed by atoms with Crippen molar-refractivity contribution in [2.24, 2.45) is 0 Å². The molecule has 110 valence electrons. The van der Waals surface area contributed by atoms with E-state index in [0.717, 1.165) is 5.75 Å². The fourth-order valence-corrected chi connectivity index (χ4v) is 3.10. The average molecular weight is 306 g/mol. The van der Waals surface area contributed by atoms with Crippen LogP contribution in [0, 0.1) is 5.82 Å². The average Bonchev–Trinajstić information content (AvgIpc) is 2.93. The molecule has 1 N–H and O–H groups in total. The summed E-state index contributed by atoms with van der Waals surface area (Å²) >= 11 is 5.86. The third kappa shape index (κ3) is 2.76. The molecule has 0 aliphatic carbocycles. The monoisotopic (exact) mass is 305 g/mol. The molecule has 0 amide bonds. The van der Waals surface area contributed by atoms with Gasteiger partial charge >= 0.3 is 0 Å². The van der Waals surface area contributed by atoms with Gasteiger partial charge in [0.15, 0.2) is 0 Å². The van der Waals surface area contributed by atoms with Crippen molar-refractivity contribution in [2.75, 3.05) is 13.7 Å². The Morgan fingerprint density at radius 2 is 2.10 bits per heavy atom. The van der Waals surface area contributed by atoms with E-state index < -0.39 is 0 Å². The van der Waals surface area contributed by atoms with Crippen LogP contribution in [-0.4, -0.2) is 19.7 Å². The zero-order chi connectivity index (χ0) is 14.8. The van der Waals surface area contributed by atoms with Gasteiger partial charge in [0.2, 0.25) is 0 Å². The van der Waals surface area contributed by atoms with Crippen LogP contribution in [0.25, 0.3) is 0 Å². The summed E-state index contributed by atoms with van der Waals surface area (Å²) in [5.41, 5.74) is 1.81. The Kier molecular flexibility index (Phi) is 4.13. The maximum absolute atomic E-state index is 14.1. The molecule has 0 fully saturated rings. The number of likely N-dealkylation sites (N-methyl/N-ethyl adjacent to an activating group) is 1. The Labute approximate surface area is 128 Å². The van der Waals surface area contributed by atoms with Crippen LogP contribution in [0.3, 0.4) is 0 Å². The Balaban J connectivity index is 1.85. The lowest BCUT2D eigenvalue weighted by Gasteiger charge is -2.23. The zero-order valence-corrected chi connectivity index (χ0v) is 12.5. The summed E-state index contributed by atoms with van der Waals surface area (Å²) in [4.78, 5) is 0. The third-order valence-electron chi connectivity index (χ3n) is 4.06. The number of benzene rings is 2. The van der Waals surface area contributed by atoms with Crippen LogP contribution < -0.4 is 10.1 Å². The van der Waals surface area contributed by atoms with Gasteiger partial charge in [0.25, 0.3) is 0 Å². The molecule has 1 aliphatic heterocycles. The van der Waals surface area contributed by atoms with Crippen molar-refractivity contribution >= 4 is 11.6 Å². The minimum Gasteiger partial charge on any atom is -0.493 e. The van der Waals surface area contributed by atoms with Crippen LogP contribution in [0.4, 0.5) is 4.39 Å². The largest absolute Gasteiger partial charge is 0.493 e. The van der Waals surface area contributed by atoms with Crippen LogP contribution in [0.2, 0.25) is 5.02 Å². The number of halogens is 2. The number of para-hydroxylation sites is 1. The summed E-state index contributed by atoms with van der Waals surface area (Å²) in [6.07, 6.45) is 0.575. The van der Waals surface area contributed by atoms with Crippen molar-refractivity contribution in [2.45, 2.75) is 18.4 Å². The number of ether oxygens (including phenoxy) is 1. The molecule has 0 bridgehead atoms. The van der Waals surface area contributed by atoms with E-state index >= 15 is 0 Å². The molecular formula is C17H17ClFNO. The first-order chi connectivity index (χ1) is 10.2. The van der Waals surface area contributed by atoms with Crippen molar-refractivity contribution in [3.8, 4) is 5.75 Å². The van der Waals surface area contributed by atoms with Gasteiger partial charge in [0.1, 0.15) is 11.6 Å². The molecule has 0 spiro atoms. The molecular weight excluding hydrogens is 289 g/mol. The van der Waals surface area contributed by atoms with Crippen LogP contribution in [-0.2, 0) is 6.42 Å². The van der Waals surface area contributed by atoms with Crippen molar-refractivity contribution in [3.63, 3.8) is 0 Å². The minimum atomic E-state index is -0.327. The van der Waals surface area contributed by atoms with Crippen molar-refractivity contribution < 1.29 is 9.13 Å². The van der Waals surface area contributed by atoms with Gasteiger partial charge in [-0.25, -0.2) is 4.39 Å². The van der Waals surface area contributed by atoms with Crippen LogP contribution in [0.1, 0.15) is 17.0 Å². The first kappa shape index (κ1) is 14.4. The van der Waals surface area contributed by atoms with Crippen molar-refractivity contribution in [3.05, 3.63) is 64.4 Å². The molecule has 2 unspecified atom stereocenters. The lowest BCUT2D eigenvalue weighted by atomic mass is 9.89. The van der Waals surface area contributed by atoms with Gasteiger partial charge in [-0.15, -0.1) is 0 Å². The van der Waals surface area contributed by atoms with E-state index in [9.17, 15) is 4.39 Å². The molecule has 3 rings (SSSR count). The Morgan fingerprint density at radius 1 is 1.29 bits per heavy atom. The molecule has 2 nitrogen and oxygen atoms in total. The molecule has 0 radical (unpaired) electrons. The van der Waals surface area contributed by atoms with E-state index in [1.807, 2.05) is 25.2 Å². The first-order valence-electron chi connectivity index (χ1n) is 7.02. The van der Waals surface area contributed by atoms with E-state index in [2.05, 4.69) is 11.4 Å². The van der Waals surface area contributed by atoms with Gasteiger partial charge < -0.3 is 10.1 Å². The predicted octanol–water partition coefficient (Wildman–Crippen LogP) is 3.79. The quantitative estimate of drug-likeness (QED) is 0.928. The second-order valence-corrected chi connectivity index (χ2v) is 5.67. The third-order valence-corrected chi connectivity index (χ3v) is 4.36. The topological polar surface area (TPSA) is 21.3 Å². The summed E-state index contributed by atoms with van der Waals surface area (Å²) < 4.78 is 19.8. The van der Waals surface area contributed by atoms with Gasteiger partial charge in [0, 0.05) is 17.5 Å². The number of hydrogen-bond acceptors (Lipinski definition) is 2. The number of nitrogens with one attached hydrogen (secondary N) is 1. The molecule has 4 heteroatoms. The van der Waals surface area contributed by atoms with Crippen LogP contribution in [0.5, 0.6) is 5.75 Å². The number of fused-ring (bicyclic) bond motifs is 1. The molecule has 21 heavy (non-hydrogen) atoms. The lowest BCUT2D eigenvalue weighted by molar-refractivity contribution is 0.301. The van der Waals surface area contributed by atoms with Crippen molar-refractivity contribution in [1.82, 2.24) is 5.32 Å². The van der Waals surface area contributed by atoms with Gasteiger partial charge in [-0.05, 0) is 31.2 Å². The van der Waals surface area contributed by atoms with E-state index in [-0.39, 0.29) is 22.8 Å². The molecule has 2 atom stereocenters.